The van der Waals surface area contributed by atoms with Crippen molar-refractivity contribution in [3.05, 3.63) is 51.9 Å². The van der Waals surface area contributed by atoms with E-state index in [9.17, 15) is 9.90 Å². The third-order valence-corrected chi connectivity index (χ3v) is 3.83. The minimum absolute atomic E-state index is 0.138. The van der Waals surface area contributed by atoms with Crippen molar-refractivity contribution in [1.82, 2.24) is 9.97 Å². The lowest BCUT2D eigenvalue weighted by molar-refractivity contribution is 0.196. The van der Waals surface area contributed by atoms with E-state index in [1.54, 1.807) is 6.92 Å². The van der Waals surface area contributed by atoms with Gasteiger partial charge in [-0.15, -0.1) is 0 Å². The molecule has 5 heteroatoms. The number of nitrogens with zero attached hydrogens (tertiary/aromatic N) is 1. The third kappa shape index (κ3) is 3.71. The van der Waals surface area contributed by atoms with Crippen LogP contribution in [0.1, 0.15) is 37.6 Å². The summed E-state index contributed by atoms with van der Waals surface area (Å²) in [4.78, 5) is 19.7. The Morgan fingerprint density at radius 3 is 2.85 bits per heavy atom. The molecule has 0 saturated heterocycles. The Hall–Kier alpha value is -1.59. The summed E-state index contributed by atoms with van der Waals surface area (Å²) in [5.74, 6) is 0. The van der Waals surface area contributed by atoms with E-state index in [4.69, 9.17) is 0 Å². The summed E-state index contributed by atoms with van der Waals surface area (Å²) in [6, 6.07) is 9.12. The van der Waals surface area contributed by atoms with E-state index in [0.29, 0.717) is 5.16 Å². The Bertz CT molecular complexity index is 638. The number of aromatic amines is 1. The predicted octanol–water partition coefficient (Wildman–Crippen LogP) is 2.93. The molecule has 0 radical (unpaired) electrons. The number of rotatable bonds is 5. The zero-order valence-electron chi connectivity index (χ0n) is 11.6. The van der Waals surface area contributed by atoms with Gasteiger partial charge >= 0.3 is 0 Å². The number of nitrogens with one attached hydrogen (secondary N) is 1. The first kappa shape index (κ1) is 14.8. The molecule has 2 aromatic rings. The zero-order valence-corrected chi connectivity index (χ0v) is 12.4. The molecule has 0 unspecified atom stereocenters. The van der Waals surface area contributed by atoms with Crippen molar-refractivity contribution in [3.8, 4) is 0 Å². The highest BCUT2D eigenvalue weighted by Gasteiger charge is 2.10. The van der Waals surface area contributed by atoms with Crippen LogP contribution < -0.4 is 5.56 Å². The van der Waals surface area contributed by atoms with Crippen LogP contribution in [0.25, 0.3) is 0 Å². The number of benzene rings is 1. The number of aliphatic hydroxyl groups is 1. The summed E-state index contributed by atoms with van der Waals surface area (Å²) in [6.07, 6.45) is 1.18. The highest BCUT2D eigenvalue weighted by atomic mass is 32.2. The van der Waals surface area contributed by atoms with Crippen LogP contribution >= 0.6 is 11.8 Å². The first-order chi connectivity index (χ1) is 9.60. The summed E-state index contributed by atoms with van der Waals surface area (Å²) in [5.41, 5.74) is 1.50. The highest BCUT2D eigenvalue weighted by Crippen LogP contribution is 2.30. The molecule has 20 heavy (non-hydrogen) atoms. The van der Waals surface area contributed by atoms with E-state index < -0.39 is 6.10 Å². The van der Waals surface area contributed by atoms with Crippen LogP contribution in [0.3, 0.4) is 0 Å². The fourth-order valence-electron chi connectivity index (χ4n) is 1.94. The van der Waals surface area contributed by atoms with Crippen molar-refractivity contribution < 1.29 is 5.11 Å². The summed E-state index contributed by atoms with van der Waals surface area (Å²) < 4.78 is 0. The lowest BCUT2D eigenvalue weighted by Crippen LogP contribution is -2.10. The van der Waals surface area contributed by atoms with Gasteiger partial charge in [0, 0.05) is 16.7 Å². The van der Waals surface area contributed by atoms with E-state index in [0.717, 1.165) is 29.0 Å². The minimum Gasteiger partial charge on any atom is -0.389 e. The van der Waals surface area contributed by atoms with Crippen molar-refractivity contribution in [2.75, 3.05) is 0 Å². The average molecular weight is 290 g/mol. The number of hydrogen-bond acceptors (Lipinski definition) is 4. The van der Waals surface area contributed by atoms with E-state index >= 15 is 0 Å². The van der Waals surface area contributed by atoms with Gasteiger partial charge in [-0.1, -0.05) is 43.3 Å². The second-order valence-corrected chi connectivity index (χ2v) is 5.64. The zero-order chi connectivity index (χ0) is 14.5. The van der Waals surface area contributed by atoms with Gasteiger partial charge < -0.3 is 10.1 Å². The van der Waals surface area contributed by atoms with Gasteiger partial charge in [-0.05, 0) is 25.0 Å². The molecule has 0 aliphatic carbocycles. The number of aryl methyl sites for hydroxylation is 1. The largest absolute Gasteiger partial charge is 0.389 e. The van der Waals surface area contributed by atoms with Crippen LogP contribution in [0.4, 0.5) is 0 Å². The number of aliphatic hydroxyl groups excluding tert-OH is 1. The molecule has 0 fully saturated rings. The highest BCUT2D eigenvalue weighted by molar-refractivity contribution is 7.99. The van der Waals surface area contributed by atoms with Crippen molar-refractivity contribution in [2.24, 2.45) is 0 Å². The number of hydrogen-bond donors (Lipinski definition) is 2. The Morgan fingerprint density at radius 1 is 1.40 bits per heavy atom. The molecule has 0 bridgehead atoms. The fraction of sp³-hybridized carbons (Fsp3) is 0.333. The molecular weight excluding hydrogens is 272 g/mol. The Morgan fingerprint density at radius 2 is 2.15 bits per heavy atom. The summed E-state index contributed by atoms with van der Waals surface area (Å²) >= 11 is 1.37. The standard InChI is InChI=1S/C15H18N2O2S/c1-3-6-11-9-14(19)17-15(16-11)20-13-8-5-4-7-12(13)10(2)18/h4-5,7-10,18H,3,6H2,1-2H3,(H,16,17,19)/t10-/m1/s1. The van der Waals surface area contributed by atoms with E-state index in [1.807, 2.05) is 24.3 Å². The summed E-state index contributed by atoms with van der Waals surface area (Å²) in [5, 5.41) is 10.3. The van der Waals surface area contributed by atoms with Crippen LogP contribution in [0, 0.1) is 0 Å². The van der Waals surface area contributed by atoms with Crippen LogP contribution in [0.2, 0.25) is 0 Å². The van der Waals surface area contributed by atoms with Crippen molar-refractivity contribution in [1.29, 1.82) is 0 Å². The maximum Gasteiger partial charge on any atom is 0.251 e. The molecule has 2 rings (SSSR count). The van der Waals surface area contributed by atoms with Gasteiger partial charge in [0.25, 0.3) is 5.56 Å². The van der Waals surface area contributed by atoms with E-state index in [2.05, 4.69) is 16.9 Å². The SMILES string of the molecule is CCCc1cc(=O)[nH]c(Sc2ccccc2[C@@H](C)O)n1. The van der Waals surface area contributed by atoms with Gasteiger partial charge in [-0.3, -0.25) is 4.79 Å². The first-order valence-electron chi connectivity index (χ1n) is 6.65. The third-order valence-electron chi connectivity index (χ3n) is 2.85. The Labute approximate surface area is 122 Å². The van der Waals surface area contributed by atoms with Crippen molar-refractivity contribution >= 4 is 11.8 Å². The molecule has 0 aliphatic rings. The Balaban J connectivity index is 2.32. The first-order valence-corrected chi connectivity index (χ1v) is 7.47. The van der Waals surface area contributed by atoms with Crippen LogP contribution in [-0.4, -0.2) is 15.1 Å². The van der Waals surface area contributed by atoms with Crippen molar-refractivity contribution in [3.63, 3.8) is 0 Å². The second-order valence-electron chi connectivity index (χ2n) is 4.61. The van der Waals surface area contributed by atoms with Crippen molar-refractivity contribution in [2.45, 2.75) is 42.8 Å². The lowest BCUT2D eigenvalue weighted by atomic mass is 10.1. The van der Waals surface area contributed by atoms with Crippen LogP contribution in [0.5, 0.6) is 0 Å². The lowest BCUT2D eigenvalue weighted by Gasteiger charge is -2.11. The minimum atomic E-state index is -0.552. The van der Waals surface area contributed by atoms with Crippen LogP contribution in [-0.2, 0) is 6.42 Å². The summed E-state index contributed by atoms with van der Waals surface area (Å²) in [6.45, 7) is 3.78. The number of aromatic nitrogens is 2. The molecule has 2 N–H and O–H groups in total. The molecule has 4 nitrogen and oxygen atoms in total. The quantitative estimate of drug-likeness (QED) is 0.831. The molecule has 1 heterocycles. The molecular formula is C15H18N2O2S. The van der Waals surface area contributed by atoms with Gasteiger partial charge in [0.15, 0.2) is 5.16 Å². The average Bonchev–Trinajstić information content (AvgIpc) is 2.38. The smallest absolute Gasteiger partial charge is 0.251 e. The van der Waals surface area contributed by atoms with Gasteiger partial charge in [0.05, 0.1) is 6.10 Å². The maximum atomic E-state index is 11.6. The molecule has 106 valence electrons. The predicted molar refractivity (Wildman–Crippen MR) is 80.1 cm³/mol. The Kier molecular flexibility index (Phi) is 4.98. The molecule has 0 aliphatic heterocycles. The molecule has 1 aromatic carbocycles. The summed E-state index contributed by atoms with van der Waals surface area (Å²) in [7, 11) is 0. The van der Waals surface area contributed by atoms with Gasteiger partial charge in [0.1, 0.15) is 0 Å². The molecule has 0 spiro atoms. The van der Waals surface area contributed by atoms with E-state index in [1.165, 1.54) is 17.8 Å². The molecule has 0 amide bonds. The second kappa shape index (κ2) is 6.72. The number of H-pyrrole nitrogens is 1. The van der Waals surface area contributed by atoms with Crippen LogP contribution in [0.15, 0.2) is 45.2 Å². The molecule has 0 saturated carbocycles. The molecule has 1 aromatic heterocycles. The fourth-order valence-corrected chi connectivity index (χ4v) is 2.96. The monoisotopic (exact) mass is 290 g/mol. The van der Waals surface area contributed by atoms with Gasteiger partial charge in [-0.2, -0.15) is 0 Å². The van der Waals surface area contributed by atoms with Gasteiger partial charge in [0.2, 0.25) is 0 Å². The maximum absolute atomic E-state index is 11.6. The van der Waals surface area contributed by atoms with E-state index in [-0.39, 0.29) is 5.56 Å². The molecule has 1 atom stereocenters. The van der Waals surface area contributed by atoms with Gasteiger partial charge in [-0.25, -0.2) is 4.98 Å². The topological polar surface area (TPSA) is 66.0 Å². The normalized spacial score (nSPS) is 12.3.